The lowest BCUT2D eigenvalue weighted by Crippen LogP contribution is -2.45. The van der Waals surface area contributed by atoms with E-state index in [9.17, 15) is 0 Å². The molecule has 2 rings (SSSR count). The first kappa shape index (κ1) is 16.8. The van der Waals surface area contributed by atoms with Crippen LogP contribution >= 0.6 is 0 Å². The highest BCUT2D eigenvalue weighted by Gasteiger charge is 2.52. The average Bonchev–Trinajstić information content (AvgIpc) is 2.81. The van der Waals surface area contributed by atoms with E-state index >= 15 is 0 Å². The maximum atomic E-state index is 6.08. The summed E-state index contributed by atoms with van der Waals surface area (Å²) in [5, 5.41) is 0.265. The molecular weight excluding hydrogens is 279 g/mol. The Morgan fingerprint density at radius 3 is 2.00 bits per heavy atom. The van der Waals surface area contributed by atoms with E-state index in [1.54, 1.807) is 0 Å². The van der Waals surface area contributed by atoms with Crippen LogP contribution in [0, 0.1) is 0 Å². The lowest BCUT2D eigenvalue weighted by Gasteiger charge is -2.37. The lowest BCUT2D eigenvalue weighted by molar-refractivity contribution is 0.00578. The van der Waals surface area contributed by atoms with Crippen LogP contribution in [0.15, 0.2) is 12.5 Å². The number of nitrogens with zero attached hydrogens (tertiary/aromatic N) is 2. The zero-order chi connectivity index (χ0) is 16.3. The van der Waals surface area contributed by atoms with Crippen molar-refractivity contribution in [2.45, 2.75) is 77.8 Å². The van der Waals surface area contributed by atoms with Gasteiger partial charge in [-0.1, -0.05) is 33.9 Å². The molecule has 1 aliphatic heterocycles. The molecule has 1 aromatic heterocycles. The zero-order valence-electron chi connectivity index (χ0n) is 14.9. The molecule has 0 atom stereocenters. The standard InChI is InChI=1S/C15H29BN2O2Si/c1-13(2,3)21(8,9)18-10-12(17-11-18)16-19-14(4,5)15(6,7)20-16/h10-11H,1-9H3. The van der Waals surface area contributed by atoms with E-state index in [0.29, 0.717) is 0 Å². The van der Waals surface area contributed by atoms with Crippen LogP contribution < -0.4 is 5.59 Å². The summed E-state index contributed by atoms with van der Waals surface area (Å²) in [6.45, 7) is 19.9. The molecular formula is C15H29BN2O2Si. The van der Waals surface area contributed by atoms with Crippen LogP contribution in [0.3, 0.4) is 0 Å². The van der Waals surface area contributed by atoms with Crippen molar-refractivity contribution in [3.63, 3.8) is 0 Å². The molecule has 1 fully saturated rings. The summed E-state index contributed by atoms with van der Waals surface area (Å²) in [4.78, 5) is 4.56. The molecule has 0 radical (unpaired) electrons. The van der Waals surface area contributed by atoms with E-state index in [1.165, 1.54) is 0 Å². The van der Waals surface area contributed by atoms with Gasteiger partial charge in [-0.2, -0.15) is 0 Å². The smallest absolute Gasteiger partial charge is 0.398 e. The van der Waals surface area contributed by atoms with Gasteiger partial charge in [0.15, 0.2) is 8.24 Å². The molecule has 6 heteroatoms. The predicted octanol–water partition coefficient (Wildman–Crippen LogP) is 3.04. The minimum atomic E-state index is -1.64. The van der Waals surface area contributed by atoms with Crippen LogP contribution in [-0.4, -0.2) is 35.8 Å². The fourth-order valence-electron chi connectivity index (χ4n) is 2.12. The van der Waals surface area contributed by atoms with E-state index in [1.807, 2.05) is 6.33 Å². The highest BCUT2D eigenvalue weighted by molar-refractivity contribution is 6.78. The van der Waals surface area contributed by atoms with Crippen LogP contribution in [0.2, 0.25) is 18.1 Å². The number of hydrogen-bond donors (Lipinski definition) is 0. The van der Waals surface area contributed by atoms with Gasteiger partial charge in [0, 0.05) is 6.20 Å². The number of aromatic nitrogens is 2. The topological polar surface area (TPSA) is 36.3 Å². The molecule has 118 valence electrons. The largest absolute Gasteiger partial charge is 0.516 e. The first-order chi connectivity index (χ1) is 9.28. The van der Waals surface area contributed by atoms with Gasteiger partial charge in [-0.3, -0.25) is 0 Å². The molecule has 0 N–H and O–H groups in total. The third-order valence-corrected chi connectivity index (χ3v) is 10.8. The molecule has 0 saturated carbocycles. The van der Waals surface area contributed by atoms with Crippen LogP contribution in [0.1, 0.15) is 48.5 Å². The Labute approximate surface area is 130 Å². The second-order valence-electron chi connectivity index (χ2n) is 8.60. The molecule has 0 aromatic carbocycles. The molecule has 2 heterocycles. The first-order valence-corrected chi connectivity index (χ1v) is 10.6. The van der Waals surface area contributed by atoms with Crippen molar-refractivity contribution >= 4 is 20.9 Å². The van der Waals surface area contributed by atoms with Gasteiger partial charge in [0.05, 0.1) is 23.1 Å². The summed E-state index contributed by atoms with van der Waals surface area (Å²) in [5.74, 6) is 0. The maximum absolute atomic E-state index is 6.08. The van der Waals surface area contributed by atoms with Gasteiger partial charge in [0.2, 0.25) is 0 Å². The number of imidazole rings is 1. The van der Waals surface area contributed by atoms with Crippen molar-refractivity contribution in [2.75, 3.05) is 0 Å². The fourth-order valence-corrected chi connectivity index (χ4v) is 3.69. The quantitative estimate of drug-likeness (QED) is 0.788. The lowest BCUT2D eigenvalue weighted by atomic mass is 9.86. The average molecular weight is 308 g/mol. The summed E-state index contributed by atoms with van der Waals surface area (Å²) < 4.78 is 14.5. The van der Waals surface area contributed by atoms with Crippen LogP contribution in [-0.2, 0) is 9.31 Å². The third-order valence-electron chi connectivity index (χ3n) is 5.58. The Morgan fingerprint density at radius 2 is 1.57 bits per heavy atom. The van der Waals surface area contributed by atoms with Crippen LogP contribution in [0.5, 0.6) is 0 Å². The van der Waals surface area contributed by atoms with Gasteiger partial charge >= 0.3 is 7.12 Å². The summed E-state index contributed by atoms with van der Waals surface area (Å²) in [6.07, 6.45) is 4.05. The summed E-state index contributed by atoms with van der Waals surface area (Å²) >= 11 is 0. The Morgan fingerprint density at radius 1 is 1.10 bits per heavy atom. The summed E-state index contributed by atoms with van der Waals surface area (Å²) in [7, 11) is -2.01. The Kier molecular flexibility index (Phi) is 3.76. The molecule has 0 unspecified atom stereocenters. The monoisotopic (exact) mass is 308 g/mol. The van der Waals surface area contributed by atoms with Crippen LogP contribution in [0.25, 0.3) is 0 Å². The Balaban J connectivity index is 2.27. The van der Waals surface area contributed by atoms with Crippen molar-refractivity contribution in [3.8, 4) is 0 Å². The van der Waals surface area contributed by atoms with Gasteiger partial charge in [-0.15, -0.1) is 0 Å². The van der Waals surface area contributed by atoms with E-state index in [-0.39, 0.29) is 23.4 Å². The zero-order valence-corrected chi connectivity index (χ0v) is 15.9. The Bertz CT molecular complexity index is 516. The van der Waals surface area contributed by atoms with E-state index < -0.39 is 8.24 Å². The van der Waals surface area contributed by atoms with Crippen molar-refractivity contribution in [3.05, 3.63) is 12.5 Å². The maximum Gasteiger partial charge on any atom is 0.516 e. The molecule has 1 saturated heterocycles. The normalized spacial score (nSPS) is 21.9. The van der Waals surface area contributed by atoms with Crippen LogP contribution in [0.4, 0.5) is 0 Å². The fraction of sp³-hybridized carbons (Fsp3) is 0.800. The summed E-state index contributed by atoms with van der Waals surface area (Å²) in [5.41, 5.74) is 0.232. The van der Waals surface area contributed by atoms with Gasteiger partial charge in [0.1, 0.15) is 0 Å². The van der Waals surface area contributed by atoms with Crippen molar-refractivity contribution < 1.29 is 9.31 Å². The number of hydrogen-bond acceptors (Lipinski definition) is 3. The minimum absolute atomic E-state index is 0.265. The molecule has 0 aliphatic carbocycles. The summed E-state index contributed by atoms with van der Waals surface area (Å²) in [6, 6.07) is 0. The molecule has 1 aliphatic rings. The minimum Gasteiger partial charge on any atom is -0.398 e. The van der Waals surface area contributed by atoms with E-state index in [4.69, 9.17) is 9.31 Å². The predicted molar refractivity (Wildman–Crippen MR) is 90.5 cm³/mol. The SMILES string of the molecule is CC1(C)OB(c2cn([Si](C)(C)C(C)(C)C)cn2)OC1(C)C. The number of rotatable bonds is 2. The highest BCUT2D eigenvalue weighted by Crippen LogP contribution is 2.38. The van der Waals surface area contributed by atoms with Crippen molar-refractivity contribution in [2.24, 2.45) is 0 Å². The van der Waals surface area contributed by atoms with E-state index in [2.05, 4.69) is 77.0 Å². The van der Waals surface area contributed by atoms with Gasteiger partial charge in [-0.05, 0) is 32.7 Å². The molecule has 0 amide bonds. The second kappa shape index (κ2) is 4.70. The van der Waals surface area contributed by atoms with Gasteiger partial charge < -0.3 is 13.5 Å². The molecule has 21 heavy (non-hydrogen) atoms. The molecule has 1 aromatic rings. The molecule has 0 bridgehead atoms. The van der Waals surface area contributed by atoms with Gasteiger partial charge in [0.25, 0.3) is 0 Å². The van der Waals surface area contributed by atoms with Crippen molar-refractivity contribution in [1.29, 1.82) is 0 Å². The second-order valence-corrected chi connectivity index (χ2v) is 13.7. The highest BCUT2D eigenvalue weighted by atomic mass is 28.3. The Hall–Kier alpha value is -0.588. The van der Waals surface area contributed by atoms with Gasteiger partial charge in [-0.25, -0.2) is 4.98 Å². The first-order valence-electron chi connectivity index (χ1n) is 7.68. The third kappa shape index (κ3) is 2.73. The van der Waals surface area contributed by atoms with E-state index in [0.717, 1.165) is 5.59 Å². The van der Waals surface area contributed by atoms with Crippen molar-refractivity contribution in [1.82, 2.24) is 9.22 Å². The molecule has 0 spiro atoms. The molecule has 4 nitrogen and oxygen atoms in total.